The Balaban J connectivity index is 1.31. The molecule has 0 saturated heterocycles. The van der Waals surface area contributed by atoms with Gasteiger partial charge in [0, 0.05) is 12.6 Å². The summed E-state index contributed by atoms with van der Waals surface area (Å²) in [5.41, 5.74) is 1.70. The molecule has 2 aromatic carbocycles. The van der Waals surface area contributed by atoms with Crippen LogP contribution in [-0.4, -0.2) is 13.0 Å². The van der Waals surface area contributed by atoms with Crippen LogP contribution < -0.4 is 10.1 Å². The van der Waals surface area contributed by atoms with Gasteiger partial charge in [0.1, 0.15) is 5.75 Å². The molecule has 0 aromatic heterocycles. The molecule has 4 bridgehead atoms. The molecule has 28 heavy (non-hydrogen) atoms. The Hall–Kier alpha value is -2.36. The third-order valence-corrected chi connectivity index (χ3v) is 7.14. The number of carbonyl (C=O) groups excluding carboxylic acids is 1. The summed E-state index contributed by atoms with van der Waals surface area (Å²) < 4.78 is 20.0. The van der Waals surface area contributed by atoms with Crippen molar-refractivity contribution in [1.82, 2.24) is 5.32 Å². The molecule has 0 unspecified atom stereocenters. The Labute approximate surface area is 165 Å². The number of amides is 1. The molecule has 6 rings (SSSR count). The number of rotatable bonds is 4. The molecule has 1 amide bonds. The minimum Gasteiger partial charge on any atom is -0.454 e. The van der Waals surface area contributed by atoms with Crippen molar-refractivity contribution in [1.29, 1.82) is 0 Å². The lowest BCUT2D eigenvalue weighted by Gasteiger charge is -2.54. The highest BCUT2D eigenvalue weighted by atomic mass is 19.1. The molecule has 4 aliphatic carbocycles. The second-order valence-corrected chi connectivity index (χ2v) is 8.85. The van der Waals surface area contributed by atoms with Crippen LogP contribution in [0.25, 0.3) is 0 Å². The van der Waals surface area contributed by atoms with E-state index in [4.69, 9.17) is 4.74 Å². The second-order valence-electron chi connectivity index (χ2n) is 8.85. The normalized spacial score (nSPS) is 30.3. The van der Waals surface area contributed by atoms with Gasteiger partial charge in [0.15, 0.2) is 11.6 Å². The van der Waals surface area contributed by atoms with E-state index in [-0.39, 0.29) is 17.2 Å². The van der Waals surface area contributed by atoms with Gasteiger partial charge in [-0.2, -0.15) is 0 Å². The topological polar surface area (TPSA) is 38.3 Å². The van der Waals surface area contributed by atoms with E-state index in [1.807, 2.05) is 12.1 Å². The Kier molecular flexibility index (Phi) is 4.37. The smallest absolute Gasteiger partial charge is 0.251 e. The van der Waals surface area contributed by atoms with Crippen molar-refractivity contribution in [3.05, 3.63) is 59.4 Å². The van der Waals surface area contributed by atoms with Gasteiger partial charge in [-0.25, -0.2) is 4.39 Å². The highest BCUT2D eigenvalue weighted by Crippen LogP contribution is 2.59. The molecular formula is C24H26FNO2. The summed E-state index contributed by atoms with van der Waals surface area (Å²) in [6.07, 6.45) is 7.08. The maximum atomic E-state index is 14.3. The lowest BCUT2D eigenvalue weighted by molar-refractivity contribution is -0.00279. The van der Waals surface area contributed by atoms with E-state index in [9.17, 15) is 9.18 Å². The third kappa shape index (κ3) is 3.09. The van der Waals surface area contributed by atoms with Gasteiger partial charge in [-0.05, 0) is 97.6 Å². The zero-order valence-electron chi connectivity index (χ0n) is 16.2. The van der Waals surface area contributed by atoms with E-state index in [0.29, 0.717) is 11.7 Å². The first kappa shape index (κ1) is 17.7. The molecule has 0 aliphatic heterocycles. The summed E-state index contributed by atoms with van der Waals surface area (Å²) >= 11 is 0. The number of halogens is 1. The molecular weight excluding hydrogens is 353 g/mol. The highest BCUT2D eigenvalue weighted by Gasteiger charge is 2.48. The minimum absolute atomic E-state index is 0.134. The molecule has 1 N–H and O–H groups in total. The summed E-state index contributed by atoms with van der Waals surface area (Å²) in [5, 5.41) is 2.49. The van der Waals surface area contributed by atoms with Gasteiger partial charge < -0.3 is 10.1 Å². The van der Waals surface area contributed by atoms with Crippen molar-refractivity contribution >= 4 is 5.91 Å². The minimum atomic E-state index is -0.536. The molecule has 2 aromatic rings. The van der Waals surface area contributed by atoms with Crippen LogP contribution in [0.3, 0.4) is 0 Å². The number of benzene rings is 2. The summed E-state index contributed by atoms with van der Waals surface area (Å²) in [6, 6.07) is 12.5. The quantitative estimate of drug-likeness (QED) is 0.760. The zero-order chi connectivity index (χ0) is 19.3. The molecule has 4 fully saturated rings. The predicted octanol–water partition coefficient (Wildman–Crippen LogP) is 5.52. The Morgan fingerprint density at radius 1 is 0.964 bits per heavy atom. The first-order valence-electron chi connectivity index (χ1n) is 10.4. The van der Waals surface area contributed by atoms with E-state index in [1.54, 1.807) is 6.07 Å². The lowest BCUT2D eigenvalue weighted by atomic mass is 9.51. The van der Waals surface area contributed by atoms with Crippen molar-refractivity contribution in [2.45, 2.75) is 38.0 Å². The van der Waals surface area contributed by atoms with Gasteiger partial charge in [-0.1, -0.05) is 12.1 Å². The fourth-order valence-electron chi connectivity index (χ4n) is 6.22. The average Bonchev–Trinajstić information content (AvgIpc) is 2.69. The molecule has 4 saturated carbocycles. The summed E-state index contributed by atoms with van der Waals surface area (Å²) in [7, 11) is 1.52. The molecule has 0 radical (unpaired) electrons. The summed E-state index contributed by atoms with van der Waals surface area (Å²) in [6.45, 7) is 0. The fraction of sp³-hybridized carbons (Fsp3) is 0.458. The molecule has 3 nitrogen and oxygen atoms in total. The van der Waals surface area contributed by atoms with Crippen LogP contribution in [-0.2, 0) is 0 Å². The van der Waals surface area contributed by atoms with E-state index >= 15 is 0 Å². The van der Waals surface area contributed by atoms with E-state index in [0.717, 1.165) is 23.7 Å². The number of nitrogens with one attached hydrogen (secondary N) is 1. The van der Waals surface area contributed by atoms with Crippen LogP contribution in [0.2, 0.25) is 0 Å². The SMILES string of the molecule is CNC(=O)c1ccc(Oc2ccc(C3C4CC5CC(C4)CC3C5)cc2)c(F)c1. The lowest BCUT2D eigenvalue weighted by Crippen LogP contribution is -2.43. The number of hydrogen-bond acceptors (Lipinski definition) is 2. The molecule has 4 aliphatic rings. The van der Waals surface area contributed by atoms with Gasteiger partial charge in [-0.3, -0.25) is 4.79 Å². The Morgan fingerprint density at radius 2 is 1.61 bits per heavy atom. The van der Waals surface area contributed by atoms with Crippen LogP contribution in [0.4, 0.5) is 4.39 Å². The van der Waals surface area contributed by atoms with Gasteiger partial charge in [0.25, 0.3) is 5.91 Å². The van der Waals surface area contributed by atoms with Crippen LogP contribution >= 0.6 is 0 Å². The second kappa shape index (κ2) is 6.91. The first-order valence-corrected chi connectivity index (χ1v) is 10.4. The molecule has 4 heteroatoms. The maximum absolute atomic E-state index is 14.3. The largest absolute Gasteiger partial charge is 0.454 e. The number of hydrogen-bond donors (Lipinski definition) is 1. The van der Waals surface area contributed by atoms with Crippen molar-refractivity contribution in [2.24, 2.45) is 23.7 Å². The Morgan fingerprint density at radius 3 is 2.18 bits per heavy atom. The molecule has 0 spiro atoms. The van der Waals surface area contributed by atoms with Crippen molar-refractivity contribution in [3.63, 3.8) is 0 Å². The Bertz CT molecular complexity index is 864. The van der Waals surface area contributed by atoms with Crippen LogP contribution in [0.5, 0.6) is 11.5 Å². The van der Waals surface area contributed by atoms with E-state index in [2.05, 4.69) is 17.4 Å². The highest BCUT2D eigenvalue weighted by molar-refractivity contribution is 5.94. The first-order chi connectivity index (χ1) is 13.6. The predicted molar refractivity (Wildman–Crippen MR) is 106 cm³/mol. The summed E-state index contributed by atoms with van der Waals surface area (Å²) in [4.78, 5) is 11.6. The van der Waals surface area contributed by atoms with Crippen molar-refractivity contribution in [3.8, 4) is 11.5 Å². The van der Waals surface area contributed by atoms with Gasteiger partial charge in [0.2, 0.25) is 0 Å². The molecule has 146 valence electrons. The average molecular weight is 379 g/mol. The standard InChI is InChI=1S/C24H26FNO2/c1-26-24(27)17-4-7-22(21(25)13-17)28-20-5-2-16(3-6-20)23-18-9-14-8-15(11-18)12-19(23)10-14/h2-7,13-15,18-19,23H,8-12H2,1H3,(H,26,27). The van der Waals surface area contributed by atoms with Gasteiger partial charge in [-0.15, -0.1) is 0 Å². The molecule has 0 atom stereocenters. The van der Waals surface area contributed by atoms with Crippen molar-refractivity contribution < 1.29 is 13.9 Å². The monoisotopic (exact) mass is 379 g/mol. The van der Waals surface area contributed by atoms with Crippen molar-refractivity contribution in [2.75, 3.05) is 7.05 Å². The van der Waals surface area contributed by atoms with Gasteiger partial charge in [0.05, 0.1) is 0 Å². The van der Waals surface area contributed by atoms with Crippen LogP contribution in [0.1, 0.15) is 53.9 Å². The fourth-order valence-corrected chi connectivity index (χ4v) is 6.22. The third-order valence-electron chi connectivity index (χ3n) is 7.14. The van der Waals surface area contributed by atoms with Crippen LogP contribution in [0, 0.1) is 29.5 Å². The van der Waals surface area contributed by atoms with Gasteiger partial charge >= 0.3 is 0 Å². The zero-order valence-corrected chi connectivity index (χ0v) is 16.2. The van der Waals surface area contributed by atoms with Crippen LogP contribution in [0.15, 0.2) is 42.5 Å². The summed E-state index contributed by atoms with van der Waals surface area (Å²) in [5.74, 6) is 4.23. The number of ether oxygens (including phenoxy) is 1. The maximum Gasteiger partial charge on any atom is 0.251 e. The van der Waals surface area contributed by atoms with E-state index < -0.39 is 5.82 Å². The molecule has 0 heterocycles. The number of carbonyl (C=O) groups is 1. The van der Waals surface area contributed by atoms with E-state index in [1.165, 1.54) is 56.8 Å².